The number of hydrogen-bond donors (Lipinski definition) is 2. The second-order valence-corrected chi connectivity index (χ2v) is 6.74. The second-order valence-electron chi connectivity index (χ2n) is 5.79. The normalized spacial score (nSPS) is 16.4. The number of methoxy groups -OCH3 is 1. The fourth-order valence-corrected chi connectivity index (χ4v) is 3.57. The second kappa shape index (κ2) is 6.70. The fourth-order valence-electron chi connectivity index (χ4n) is 2.89. The van der Waals surface area contributed by atoms with Gasteiger partial charge < -0.3 is 10.1 Å². The third-order valence-corrected chi connectivity index (χ3v) is 5.06. The van der Waals surface area contributed by atoms with E-state index in [1.807, 2.05) is 47.8 Å². The molecule has 3 heterocycles. The summed E-state index contributed by atoms with van der Waals surface area (Å²) in [7, 11) is 1.66. The molecule has 0 saturated carbocycles. The van der Waals surface area contributed by atoms with E-state index in [1.54, 1.807) is 23.1 Å². The minimum atomic E-state index is -0.0902. The monoisotopic (exact) mass is 354 g/mol. The van der Waals surface area contributed by atoms with Gasteiger partial charge in [0, 0.05) is 6.54 Å². The van der Waals surface area contributed by atoms with E-state index in [-0.39, 0.29) is 12.1 Å². The lowest BCUT2D eigenvalue weighted by Gasteiger charge is -2.25. The summed E-state index contributed by atoms with van der Waals surface area (Å²) in [5.41, 5.74) is 2.52. The number of fused-ring (bicyclic) bond motifs is 1. The molecular formula is C18H18N4O2S. The minimum absolute atomic E-state index is 0.0882. The van der Waals surface area contributed by atoms with Crippen molar-refractivity contribution in [3.63, 3.8) is 0 Å². The maximum absolute atomic E-state index is 12.2. The van der Waals surface area contributed by atoms with Crippen LogP contribution >= 0.6 is 11.3 Å². The predicted molar refractivity (Wildman–Crippen MR) is 96.7 cm³/mol. The van der Waals surface area contributed by atoms with Crippen molar-refractivity contribution in [1.29, 1.82) is 0 Å². The molecular weight excluding hydrogens is 336 g/mol. The van der Waals surface area contributed by atoms with Gasteiger partial charge in [0.25, 0.3) is 5.91 Å². The SMILES string of the molecule is COc1cccc(CN[C@H]2CNC(=O)c3cc(-c4cccs4)nn32)c1. The molecule has 2 N–H and O–H groups in total. The summed E-state index contributed by atoms with van der Waals surface area (Å²) in [6.07, 6.45) is -0.0902. The third kappa shape index (κ3) is 3.16. The molecule has 4 rings (SSSR count). The van der Waals surface area contributed by atoms with E-state index >= 15 is 0 Å². The van der Waals surface area contributed by atoms with Crippen LogP contribution in [-0.4, -0.2) is 29.3 Å². The van der Waals surface area contributed by atoms with Crippen molar-refractivity contribution in [3.8, 4) is 16.3 Å². The van der Waals surface area contributed by atoms with Crippen molar-refractivity contribution in [2.75, 3.05) is 13.7 Å². The van der Waals surface area contributed by atoms with Crippen LogP contribution in [0, 0.1) is 0 Å². The largest absolute Gasteiger partial charge is 0.497 e. The molecule has 128 valence electrons. The number of hydrogen-bond acceptors (Lipinski definition) is 5. The highest BCUT2D eigenvalue weighted by molar-refractivity contribution is 7.13. The molecule has 1 aliphatic heterocycles. The molecule has 0 fully saturated rings. The number of ether oxygens (including phenoxy) is 1. The van der Waals surface area contributed by atoms with E-state index < -0.39 is 0 Å². The molecule has 6 nitrogen and oxygen atoms in total. The van der Waals surface area contributed by atoms with Gasteiger partial charge in [-0.15, -0.1) is 11.3 Å². The molecule has 0 bridgehead atoms. The van der Waals surface area contributed by atoms with Crippen LogP contribution in [0.3, 0.4) is 0 Å². The molecule has 25 heavy (non-hydrogen) atoms. The summed E-state index contributed by atoms with van der Waals surface area (Å²) in [6.45, 7) is 1.16. The maximum Gasteiger partial charge on any atom is 0.269 e. The Morgan fingerprint density at radius 3 is 3.08 bits per heavy atom. The molecule has 0 radical (unpaired) electrons. The number of amides is 1. The Morgan fingerprint density at radius 2 is 2.28 bits per heavy atom. The van der Waals surface area contributed by atoms with Crippen molar-refractivity contribution in [2.24, 2.45) is 0 Å². The van der Waals surface area contributed by atoms with Gasteiger partial charge in [0.05, 0.1) is 18.5 Å². The number of carbonyl (C=O) groups excluding carboxylic acids is 1. The van der Waals surface area contributed by atoms with Gasteiger partial charge in [0.2, 0.25) is 0 Å². The molecule has 0 unspecified atom stereocenters. The molecule has 1 atom stereocenters. The van der Waals surface area contributed by atoms with Crippen LogP contribution in [0.1, 0.15) is 22.2 Å². The van der Waals surface area contributed by atoms with Crippen molar-refractivity contribution < 1.29 is 9.53 Å². The molecule has 1 aliphatic rings. The first-order chi connectivity index (χ1) is 12.2. The van der Waals surface area contributed by atoms with Gasteiger partial charge in [-0.05, 0) is 35.2 Å². The van der Waals surface area contributed by atoms with Crippen LogP contribution in [-0.2, 0) is 6.54 Å². The number of nitrogens with zero attached hydrogens (tertiary/aromatic N) is 2. The average molecular weight is 354 g/mol. The molecule has 7 heteroatoms. The lowest BCUT2D eigenvalue weighted by Crippen LogP contribution is -2.45. The van der Waals surface area contributed by atoms with E-state index in [0.717, 1.165) is 21.9 Å². The van der Waals surface area contributed by atoms with Crippen LogP contribution in [0.4, 0.5) is 0 Å². The zero-order valence-corrected chi connectivity index (χ0v) is 14.5. The Bertz CT molecular complexity index is 888. The Labute approximate surface area is 149 Å². The highest BCUT2D eigenvalue weighted by atomic mass is 32.1. The van der Waals surface area contributed by atoms with Gasteiger partial charge in [-0.2, -0.15) is 5.10 Å². The lowest BCUT2D eigenvalue weighted by molar-refractivity contribution is 0.0900. The van der Waals surface area contributed by atoms with Crippen LogP contribution < -0.4 is 15.4 Å². The molecule has 3 aromatic rings. The number of benzene rings is 1. The highest BCUT2D eigenvalue weighted by Crippen LogP contribution is 2.26. The first-order valence-corrected chi connectivity index (χ1v) is 8.90. The van der Waals surface area contributed by atoms with Crippen LogP contribution in [0.2, 0.25) is 0 Å². The summed E-state index contributed by atoms with van der Waals surface area (Å²) in [6, 6.07) is 13.8. The van der Waals surface area contributed by atoms with Crippen LogP contribution in [0.15, 0.2) is 47.8 Å². The lowest BCUT2D eigenvalue weighted by atomic mass is 10.2. The van der Waals surface area contributed by atoms with Gasteiger partial charge >= 0.3 is 0 Å². The minimum Gasteiger partial charge on any atom is -0.497 e. The molecule has 1 aromatic carbocycles. The Hall–Kier alpha value is -2.64. The van der Waals surface area contributed by atoms with E-state index in [2.05, 4.69) is 15.7 Å². The average Bonchev–Trinajstić information content (AvgIpc) is 3.31. The Balaban J connectivity index is 1.56. The quantitative estimate of drug-likeness (QED) is 0.739. The molecule has 0 spiro atoms. The fraction of sp³-hybridized carbons (Fsp3) is 0.222. The van der Waals surface area contributed by atoms with Crippen molar-refractivity contribution >= 4 is 17.2 Å². The van der Waals surface area contributed by atoms with Gasteiger partial charge in [0.1, 0.15) is 23.3 Å². The standard InChI is InChI=1S/C18H18N4O2S/c1-24-13-5-2-4-12(8-13)10-19-17-11-20-18(23)15-9-14(21-22(15)17)16-6-3-7-25-16/h2-9,17,19H,10-11H2,1H3,(H,20,23)/t17-/m1/s1. The van der Waals surface area contributed by atoms with E-state index in [9.17, 15) is 4.79 Å². The molecule has 0 aliphatic carbocycles. The maximum atomic E-state index is 12.2. The van der Waals surface area contributed by atoms with E-state index in [4.69, 9.17) is 4.74 Å². The Morgan fingerprint density at radius 1 is 1.36 bits per heavy atom. The van der Waals surface area contributed by atoms with Crippen molar-refractivity contribution in [1.82, 2.24) is 20.4 Å². The van der Waals surface area contributed by atoms with E-state index in [1.165, 1.54) is 0 Å². The number of aromatic nitrogens is 2. The van der Waals surface area contributed by atoms with Crippen LogP contribution in [0.5, 0.6) is 5.75 Å². The number of thiophene rings is 1. The summed E-state index contributed by atoms with van der Waals surface area (Å²) < 4.78 is 7.05. The van der Waals surface area contributed by atoms with Crippen molar-refractivity contribution in [2.45, 2.75) is 12.7 Å². The molecule has 0 saturated heterocycles. The van der Waals surface area contributed by atoms with Gasteiger partial charge in [-0.3, -0.25) is 10.1 Å². The molecule has 1 amide bonds. The third-order valence-electron chi connectivity index (χ3n) is 4.17. The van der Waals surface area contributed by atoms with Gasteiger partial charge in [-0.1, -0.05) is 18.2 Å². The first kappa shape index (κ1) is 15.9. The topological polar surface area (TPSA) is 68.2 Å². The summed E-state index contributed by atoms with van der Waals surface area (Å²) >= 11 is 1.61. The smallest absolute Gasteiger partial charge is 0.269 e. The zero-order valence-electron chi connectivity index (χ0n) is 13.7. The number of rotatable bonds is 5. The van der Waals surface area contributed by atoms with E-state index in [0.29, 0.717) is 18.8 Å². The van der Waals surface area contributed by atoms with Crippen LogP contribution in [0.25, 0.3) is 10.6 Å². The Kier molecular flexibility index (Phi) is 4.25. The van der Waals surface area contributed by atoms with Crippen molar-refractivity contribution in [3.05, 3.63) is 59.1 Å². The van der Waals surface area contributed by atoms with Gasteiger partial charge in [0.15, 0.2) is 0 Å². The summed E-state index contributed by atoms with van der Waals surface area (Å²) in [5, 5.41) is 13.0. The van der Waals surface area contributed by atoms with Gasteiger partial charge in [-0.25, -0.2) is 4.68 Å². The zero-order chi connectivity index (χ0) is 17.2. The highest BCUT2D eigenvalue weighted by Gasteiger charge is 2.27. The number of nitrogens with one attached hydrogen (secondary N) is 2. The first-order valence-electron chi connectivity index (χ1n) is 8.02. The number of carbonyl (C=O) groups is 1. The summed E-state index contributed by atoms with van der Waals surface area (Å²) in [5.74, 6) is 0.741. The summed E-state index contributed by atoms with van der Waals surface area (Å²) in [4.78, 5) is 13.2. The molecule has 2 aromatic heterocycles. The predicted octanol–water partition coefficient (Wildman–Crippen LogP) is 2.65.